The Morgan fingerprint density at radius 1 is 0.849 bits per heavy atom. The fourth-order valence-corrected chi connectivity index (χ4v) is 6.51. The van der Waals surface area contributed by atoms with Gasteiger partial charge in [0.2, 0.25) is 0 Å². The van der Waals surface area contributed by atoms with Crippen LogP contribution in [-0.2, 0) is 4.79 Å². The maximum atomic E-state index is 14.6. The van der Waals surface area contributed by atoms with Crippen molar-refractivity contribution in [2.75, 3.05) is 36.4 Å². The van der Waals surface area contributed by atoms with Crippen molar-refractivity contribution in [1.29, 1.82) is 0 Å². The molecule has 16 heteroatoms. The highest BCUT2D eigenvalue weighted by molar-refractivity contribution is 6.45. The minimum absolute atomic E-state index is 0.0354. The Kier molecular flexibility index (Phi) is 8.61. The van der Waals surface area contributed by atoms with Gasteiger partial charge in [0.1, 0.15) is 5.82 Å². The van der Waals surface area contributed by atoms with Crippen LogP contribution in [0.2, 0.25) is 0 Å². The van der Waals surface area contributed by atoms with Crippen LogP contribution in [0, 0.1) is 12.7 Å². The van der Waals surface area contributed by atoms with E-state index >= 15 is 0 Å². The molecule has 6 aromatic rings. The summed E-state index contributed by atoms with van der Waals surface area (Å²) in [6.45, 7) is 3.00. The van der Waals surface area contributed by atoms with Gasteiger partial charge in [0.15, 0.2) is 17.5 Å². The molecule has 2 aliphatic heterocycles. The average Bonchev–Trinajstić information content (AvgIpc) is 3.70. The number of rotatable bonds is 5. The summed E-state index contributed by atoms with van der Waals surface area (Å²) in [6, 6.07) is 14.8. The number of anilines is 3. The van der Waals surface area contributed by atoms with E-state index < -0.39 is 17.5 Å². The van der Waals surface area contributed by atoms with Gasteiger partial charge in [-0.3, -0.25) is 19.2 Å². The summed E-state index contributed by atoms with van der Waals surface area (Å²) >= 11 is 0. The first kappa shape index (κ1) is 33.3. The molecule has 0 radical (unpaired) electrons. The summed E-state index contributed by atoms with van der Waals surface area (Å²) in [5, 5.41) is 10.5. The Balaban J connectivity index is 0.000000170. The van der Waals surface area contributed by atoms with Crippen LogP contribution >= 0.6 is 0 Å². The van der Waals surface area contributed by atoms with Crippen molar-refractivity contribution in [3.8, 4) is 5.82 Å². The molecule has 0 unspecified atom stereocenters. The Labute approximate surface area is 301 Å². The van der Waals surface area contributed by atoms with Crippen molar-refractivity contribution in [2.45, 2.75) is 25.8 Å². The molecule has 1 saturated carbocycles. The first-order chi connectivity index (χ1) is 25.8. The molecule has 5 aromatic heterocycles. The van der Waals surface area contributed by atoms with Crippen LogP contribution in [0.1, 0.15) is 49.5 Å². The predicted molar refractivity (Wildman–Crippen MR) is 191 cm³/mol. The number of ketones is 1. The number of aromatic amines is 1. The summed E-state index contributed by atoms with van der Waals surface area (Å²) in [4.78, 5) is 71.8. The molecule has 9 rings (SSSR count). The van der Waals surface area contributed by atoms with Crippen molar-refractivity contribution < 1.29 is 23.6 Å². The minimum atomic E-state index is -0.835. The number of amides is 3. The van der Waals surface area contributed by atoms with Gasteiger partial charge in [-0.1, -0.05) is 23.4 Å². The van der Waals surface area contributed by atoms with Gasteiger partial charge < -0.3 is 25.0 Å². The van der Waals surface area contributed by atoms with Crippen molar-refractivity contribution in [1.82, 2.24) is 44.7 Å². The molecule has 0 spiro atoms. The first-order valence-corrected chi connectivity index (χ1v) is 17.0. The molecule has 0 bridgehead atoms. The number of hydrogen-bond acceptors (Lipinski definition) is 10. The topological polar surface area (TPSA) is 175 Å². The zero-order valence-corrected chi connectivity index (χ0v) is 28.4. The van der Waals surface area contributed by atoms with E-state index in [2.05, 4.69) is 40.5 Å². The van der Waals surface area contributed by atoms with E-state index in [0.717, 1.165) is 36.1 Å². The SMILES string of the molecule is Cc1ccnc2c1NC(=O)c1cccnc1N2C1CC1.O=C(C(=O)N1CCN(C(=O)c2ccccc2)CC1)c1c[nH]c2c(-n3ccnn3)ncc(F)c12. The quantitative estimate of drug-likeness (QED) is 0.196. The molecular formula is C37H32FN11O4. The number of piperazine rings is 1. The minimum Gasteiger partial charge on any atom is -0.357 e. The van der Waals surface area contributed by atoms with E-state index in [4.69, 9.17) is 0 Å². The normalized spacial score (nSPS) is 15.1. The smallest absolute Gasteiger partial charge is 0.295 e. The lowest BCUT2D eigenvalue weighted by Crippen LogP contribution is -2.52. The number of aromatic nitrogens is 7. The van der Waals surface area contributed by atoms with E-state index in [1.54, 1.807) is 47.6 Å². The highest BCUT2D eigenvalue weighted by atomic mass is 19.1. The van der Waals surface area contributed by atoms with Crippen LogP contribution in [0.25, 0.3) is 16.7 Å². The van der Waals surface area contributed by atoms with E-state index in [1.807, 2.05) is 25.1 Å². The molecular weight excluding hydrogens is 681 g/mol. The third-order valence-corrected chi connectivity index (χ3v) is 9.37. The van der Waals surface area contributed by atoms with Crippen molar-refractivity contribution in [2.24, 2.45) is 0 Å². The van der Waals surface area contributed by atoms with E-state index in [0.29, 0.717) is 36.1 Å². The fraction of sp³-hybridized carbons (Fsp3) is 0.216. The number of carbonyl (C=O) groups is 4. The largest absolute Gasteiger partial charge is 0.357 e. The maximum absolute atomic E-state index is 14.6. The van der Waals surface area contributed by atoms with Crippen LogP contribution < -0.4 is 10.2 Å². The second-order valence-corrected chi connectivity index (χ2v) is 12.8. The van der Waals surface area contributed by atoms with Crippen LogP contribution in [0.15, 0.2) is 85.7 Å². The zero-order chi connectivity index (χ0) is 36.6. The van der Waals surface area contributed by atoms with Gasteiger partial charge in [0, 0.05) is 56.4 Å². The summed E-state index contributed by atoms with van der Waals surface area (Å²) < 4.78 is 16.0. The maximum Gasteiger partial charge on any atom is 0.295 e. The van der Waals surface area contributed by atoms with Crippen LogP contribution in [0.3, 0.4) is 0 Å². The molecule has 2 fully saturated rings. The molecule has 3 aliphatic rings. The second-order valence-electron chi connectivity index (χ2n) is 12.8. The van der Waals surface area contributed by atoms with Gasteiger partial charge in [0.05, 0.1) is 46.3 Å². The van der Waals surface area contributed by atoms with Gasteiger partial charge in [-0.15, -0.1) is 5.10 Å². The molecule has 15 nitrogen and oxygen atoms in total. The lowest BCUT2D eigenvalue weighted by Gasteiger charge is -2.34. The van der Waals surface area contributed by atoms with Gasteiger partial charge in [-0.05, 0) is 55.7 Å². The molecule has 3 amide bonds. The Morgan fingerprint density at radius 3 is 2.34 bits per heavy atom. The van der Waals surface area contributed by atoms with Crippen LogP contribution in [0.4, 0.5) is 21.7 Å². The number of halogens is 1. The number of nitrogens with zero attached hydrogens (tertiary/aromatic N) is 9. The molecule has 1 aliphatic carbocycles. The first-order valence-electron chi connectivity index (χ1n) is 17.0. The fourth-order valence-electron chi connectivity index (χ4n) is 6.51. The van der Waals surface area contributed by atoms with Gasteiger partial charge in [-0.2, -0.15) is 0 Å². The number of carbonyl (C=O) groups excluding carboxylic acids is 4. The number of fused-ring (bicyclic) bond motifs is 3. The Hall–Kier alpha value is -6.84. The van der Waals surface area contributed by atoms with Gasteiger partial charge in [0.25, 0.3) is 23.5 Å². The van der Waals surface area contributed by atoms with E-state index in [-0.39, 0.29) is 47.2 Å². The number of Topliss-reactive ketones (excluding diaryl/α,β-unsaturated/α-hetero) is 1. The summed E-state index contributed by atoms with van der Waals surface area (Å²) in [7, 11) is 0. The lowest BCUT2D eigenvalue weighted by molar-refractivity contribution is -0.127. The van der Waals surface area contributed by atoms with E-state index in [9.17, 15) is 23.6 Å². The van der Waals surface area contributed by atoms with Crippen molar-refractivity contribution in [3.63, 3.8) is 0 Å². The van der Waals surface area contributed by atoms with Crippen molar-refractivity contribution >= 4 is 51.7 Å². The summed E-state index contributed by atoms with van der Waals surface area (Å²) in [6.07, 6.45) is 11.0. The molecule has 7 heterocycles. The number of hydrogen-bond donors (Lipinski definition) is 2. The number of benzene rings is 1. The standard InChI is InChI=1S/C22H18FN7O3.C15H14N4O/c23-16-13-25-20(30-7-6-26-27-30)18-17(16)15(12-24-18)19(31)22(33)29-10-8-28(9-11-29)21(32)14-4-2-1-3-5-14;1-9-6-8-17-14-12(9)18-15(20)11-3-2-7-16-13(11)19(14)10-4-5-10/h1-7,12-13,24H,8-11H2;2-3,6-8,10H,4-5H2,1H3,(H,18,20). The zero-order valence-electron chi connectivity index (χ0n) is 28.4. The van der Waals surface area contributed by atoms with Crippen molar-refractivity contribution in [3.05, 3.63) is 114 Å². The molecule has 0 atom stereocenters. The number of pyridine rings is 3. The third kappa shape index (κ3) is 6.23. The molecule has 266 valence electrons. The third-order valence-electron chi connectivity index (χ3n) is 9.37. The highest BCUT2D eigenvalue weighted by Gasteiger charge is 2.38. The van der Waals surface area contributed by atoms with Gasteiger partial charge in [-0.25, -0.2) is 24.0 Å². The van der Waals surface area contributed by atoms with Crippen LogP contribution in [0.5, 0.6) is 0 Å². The summed E-state index contributed by atoms with van der Waals surface area (Å²) in [5.41, 5.74) is 3.13. The molecule has 2 N–H and O–H groups in total. The Morgan fingerprint density at radius 2 is 1.60 bits per heavy atom. The molecule has 53 heavy (non-hydrogen) atoms. The van der Waals surface area contributed by atoms with Crippen LogP contribution in [-0.4, -0.2) is 100 Å². The number of H-pyrrole nitrogens is 1. The monoisotopic (exact) mass is 713 g/mol. The van der Waals surface area contributed by atoms with Gasteiger partial charge >= 0.3 is 0 Å². The molecule has 1 aromatic carbocycles. The average molecular weight is 714 g/mol. The molecule has 1 saturated heterocycles. The summed E-state index contributed by atoms with van der Waals surface area (Å²) in [5.74, 6) is -0.787. The second kappa shape index (κ2) is 13.7. The predicted octanol–water partition coefficient (Wildman–Crippen LogP) is 4.10. The lowest BCUT2D eigenvalue weighted by atomic mass is 10.1. The highest BCUT2D eigenvalue weighted by Crippen LogP contribution is 2.43. The van der Waals surface area contributed by atoms with E-state index in [1.165, 1.54) is 28.2 Å². The number of aryl methyl sites for hydroxylation is 1. The number of nitrogens with one attached hydrogen (secondary N) is 2. The Bertz CT molecular complexity index is 2370.